The minimum atomic E-state index is 0.314. The van der Waals surface area contributed by atoms with Crippen molar-refractivity contribution in [2.75, 3.05) is 26.2 Å². The summed E-state index contributed by atoms with van der Waals surface area (Å²) in [4.78, 5) is 5.37. The van der Waals surface area contributed by atoms with Crippen molar-refractivity contribution in [3.05, 3.63) is 0 Å². The van der Waals surface area contributed by atoms with Crippen LogP contribution in [0.15, 0.2) is 0 Å². The van der Waals surface area contributed by atoms with E-state index in [1.54, 1.807) is 0 Å². The van der Waals surface area contributed by atoms with Crippen LogP contribution in [0.3, 0.4) is 0 Å². The molecule has 2 N–H and O–H groups in total. The summed E-state index contributed by atoms with van der Waals surface area (Å²) in [6.07, 6.45) is 2.87. The lowest BCUT2D eigenvalue weighted by molar-refractivity contribution is 0.000680. The van der Waals surface area contributed by atoms with Crippen molar-refractivity contribution in [1.29, 1.82) is 0 Å². The predicted octanol–water partition coefficient (Wildman–Crippen LogP) is 0.748. The van der Waals surface area contributed by atoms with E-state index in [0.29, 0.717) is 12.1 Å². The second-order valence-corrected chi connectivity index (χ2v) is 5.97. The summed E-state index contributed by atoms with van der Waals surface area (Å²) in [6, 6.07) is 1.69. The molecule has 3 nitrogen and oxygen atoms in total. The summed E-state index contributed by atoms with van der Waals surface area (Å²) in [7, 11) is 0. The summed E-state index contributed by atoms with van der Waals surface area (Å²) < 4.78 is 0. The Morgan fingerprint density at radius 2 is 2.00 bits per heavy atom. The third-order valence-corrected chi connectivity index (χ3v) is 5.20. The van der Waals surface area contributed by atoms with Gasteiger partial charge < -0.3 is 5.73 Å². The number of likely N-dealkylation sites (tertiary alicyclic amines) is 1. The molecule has 0 aromatic rings. The van der Waals surface area contributed by atoms with E-state index in [4.69, 9.17) is 5.73 Å². The van der Waals surface area contributed by atoms with Gasteiger partial charge in [0.25, 0.3) is 0 Å². The number of fused-ring (bicyclic) bond motifs is 2. The summed E-state index contributed by atoms with van der Waals surface area (Å²) in [5.74, 6) is 1.91. The molecule has 92 valence electrons. The van der Waals surface area contributed by atoms with Gasteiger partial charge in [0.2, 0.25) is 0 Å². The molecule has 4 atom stereocenters. The van der Waals surface area contributed by atoms with E-state index >= 15 is 0 Å². The third kappa shape index (κ3) is 1.45. The highest BCUT2D eigenvalue weighted by Gasteiger charge is 2.52. The van der Waals surface area contributed by atoms with Crippen LogP contribution in [0.2, 0.25) is 0 Å². The molecule has 0 amide bonds. The lowest BCUT2D eigenvalue weighted by Crippen LogP contribution is -2.60. The van der Waals surface area contributed by atoms with Crippen molar-refractivity contribution in [3.8, 4) is 0 Å². The first kappa shape index (κ1) is 11.0. The van der Waals surface area contributed by atoms with Crippen LogP contribution in [-0.2, 0) is 0 Å². The smallest absolute Gasteiger partial charge is 0.0403 e. The number of piperidine rings is 3. The van der Waals surface area contributed by atoms with Crippen LogP contribution in [0.4, 0.5) is 0 Å². The van der Waals surface area contributed by atoms with E-state index < -0.39 is 0 Å². The number of nitrogens with two attached hydrogens (primary N) is 1. The van der Waals surface area contributed by atoms with Crippen LogP contribution in [-0.4, -0.2) is 54.1 Å². The Bertz CT molecular complexity index is 258. The lowest BCUT2D eigenvalue weighted by Gasteiger charge is -2.50. The maximum Gasteiger partial charge on any atom is 0.0403 e. The molecule has 0 spiro atoms. The van der Waals surface area contributed by atoms with Crippen LogP contribution in [0.5, 0.6) is 0 Å². The van der Waals surface area contributed by atoms with Crippen molar-refractivity contribution in [2.45, 2.75) is 44.8 Å². The van der Waals surface area contributed by atoms with Gasteiger partial charge in [-0.25, -0.2) is 0 Å². The first-order chi connectivity index (χ1) is 7.72. The molecular formula is C13H25N3. The van der Waals surface area contributed by atoms with Gasteiger partial charge in [0.1, 0.15) is 0 Å². The van der Waals surface area contributed by atoms with E-state index in [9.17, 15) is 0 Å². The SMILES string of the molecule is CCN1CC2C3CCN(CC3)C2C1C(C)N. The second-order valence-electron chi connectivity index (χ2n) is 5.97. The molecule has 16 heavy (non-hydrogen) atoms. The van der Waals surface area contributed by atoms with Crippen molar-refractivity contribution in [3.63, 3.8) is 0 Å². The predicted molar refractivity (Wildman–Crippen MR) is 66.3 cm³/mol. The van der Waals surface area contributed by atoms with Gasteiger partial charge in [-0.1, -0.05) is 6.92 Å². The summed E-state index contributed by atoms with van der Waals surface area (Å²) in [6.45, 7) is 9.59. The number of hydrogen-bond acceptors (Lipinski definition) is 3. The highest BCUT2D eigenvalue weighted by molar-refractivity contribution is 5.08. The summed E-state index contributed by atoms with van der Waals surface area (Å²) in [5.41, 5.74) is 6.23. The Hall–Kier alpha value is -0.120. The number of nitrogens with zero attached hydrogens (tertiary/aromatic N) is 2. The van der Waals surface area contributed by atoms with Crippen molar-refractivity contribution in [2.24, 2.45) is 17.6 Å². The van der Waals surface area contributed by atoms with E-state index in [1.165, 1.54) is 39.0 Å². The third-order valence-electron chi connectivity index (χ3n) is 5.20. The molecule has 0 saturated carbocycles. The fraction of sp³-hybridized carbons (Fsp3) is 1.00. The van der Waals surface area contributed by atoms with Gasteiger partial charge in [0.15, 0.2) is 0 Å². The average molecular weight is 223 g/mol. The van der Waals surface area contributed by atoms with E-state index in [0.717, 1.165) is 17.9 Å². The Balaban J connectivity index is 1.87. The largest absolute Gasteiger partial charge is 0.326 e. The lowest BCUT2D eigenvalue weighted by atomic mass is 9.73. The molecular weight excluding hydrogens is 198 g/mol. The van der Waals surface area contributed by atoms with Crippen molar-refractivity contribution >= 4 is 0 Å². The van der Waals surface area contributed by atoms with Gasteiger partial charge >= 0.3 is 0 Å². The molecule has 3 heteroatoms. The molecule has 0 aromatic carbocycles. The van der Waals surface area contributed by atoms with Gasteiger partial charge in [-0.15, -0.1) is 0 Å². The Labute approximate surface area is 99.0 Å². The fourth-order valence-corrected chi connectivity index (χ4v) is 4.51. The standard InChI is InChI=1S/C13H25N3/c1-3-15-8-11-10-4-6-16(7-5-10)13(11)12(15)9(2)14/h9-13H,3-8,14H2,1-2H3. The molecule has 4 aliphatic heterocycles. The molecule has 4 aliphatic rings. The molecule has 0 aromatic heterocycles. The quantitative estimate of drug-likeness (QED) is 0.750. The molecule has 2 bridgehead atoms. The molecule has 4 fully saturated rings. The molecule has 4 saturated heterocycles. The van der Waals surface area contributed by atoms with Gasteiger partial charge in [0.05, 0.1) is 0 Å². The van der Waals surface area contributed by atoms with Crippen molar-refractivity contribution in [1.82, 2.24) is 9.80 Å². The Morgan fingerprint density at radius 1 is 1.31 bits per heavy atom. The monoisotopic (exact) mass is 223 g/mol. The average Bonchev–Trinajstić information content (AvgIpc) is 2.71. The zero-order chi connectivity index (χ0) is 11.3. The first-order valence-electron chi connectivity index (χ1n) is 6.96. The highest BCUT2D eigenvalue weighted by Crippen LogP contribution is 2.44. The van der Waals surface area contributed by atoms with Crippen LogP contribution >= 0.6 is 0 Å². The van der Waals surface area contributed by atoms with Crippen LogP contribution < -0.4 is 5.73 Å². The van der Waals surface area contributed by atoms with Gasteiger partial charge in [-0.2, -0.15) is 0 Å². The number of rotatable bonds is 2. The molecule has 0 radical (unpaired) electrons. The molecule has 4 unspecified atom stereocenters. The van der Waals surface area contributed by atoms with E-state index in [-0.39, 0.29) is 0 Å². The Morgan fingerprint density at radius 3 is 2.56 bits per heavy atom. The molecule has 4 rings (SSSR count). The Kier molecular flexibility index (Phi) is 2.73. The van der Waals surface area contributed by atoms with E-state index in [1.807, 2.05) is 0 Å². The topological polar surface area (TPSA) is 32.5 Å². The maximum absolute atomic E-state index is 6.23. The summed E-state index contributed by atoms with van der Waals surface area (Å²) in [5, 5.41) is 0. The van der Waals surface area contributed by atoms with Gasteiger partial charge in [0, 0.05) is 24.7 Å². The zero-order valence-electron chi connectivity index (χ0n) is 10.6. The fourth-order valence-electron chi connectivity index (χ4n) is 4.51. The summed E-state index contributed by atoms with van der Waals surface area (Å²) >= 11 is 0. The second kappa shape index (κ2) is 3.97. The molecule has 4 heterocycles. The normalized spacial score (nSPS) is 49.3. The zero-order valence-corrected chi connectivity index (χ0v) is 10.6. The minimum absolute atomic E-state index is 0.314. The molecule has 0 aliphatic carbocycles. The van der Waals surface area contributed by atoms with Crippen LogP contribution in [0.1, 0.15) is 26.7 Å². The van der Waals surface area contributed by atoms with Crippen LogP contribution in [0.25, 0.3) is 0 Å². The number of likely N-dealkylation sites (N-methyl/N-ethyl adjacent to an activating group) is 1. The van der Waals surface area contributed by atoms with E-state index in [2.05, 4.69) is 23.6 Å². The minimum Gasteiger partial charge on any atom is -0.326 e. The maximum atomic E-state index is 6.23. The highest BCUT2D eigenvalue weighted by atomic mass is 15.3. The van der Waals surface area contributed by atoms with Crippen molar-refractivity contribution < 1.29 is 0 Å². The van der Waals surface area contributed by atoms with Gasteiger partial charge in [-0.05, 0) is 51.2 Å². The first-order valence-corrected chi connectivity index (χ1v) is 6.96. The number of hydrogen-bond donors (Lipinski definition) is 1. The van der Waals surface area contributed by atoms with Gasteiger partial charge in [-0.3, -0.25) is 9.80 Å². The van der Waals surface area contributed by atoms with Crippen LogP contribution in [0, 0.1) is 11.8 Å².